The van der Waals surface area contributed by atoms with Crippen LogP contribution in [0.15, 0.2) is 48.5 Å². The third-order valence-corrected chi connectivity index (χ3v) is 6.06. The van der Waals surface area contributed by atoms with Crippen molar-refractivity contribution in [3.8, 4) is 0 Å². The van der Waals surface area contributed by atoms with E-state index in [1.807, 2.05) is 0 Å². The van der Waals surface area contributed by atoms with Crippen LogP contribution in [0.2, 0.25) is 0 Å². The Morgan fingerprint density at radius 2 is 0.969 bits per heavy atom. The van der Waals surface area contributed by atoms with Gasteiger partial charge in [-0.05, 0) is 43.1 Å². The number of rotatable bonds is 9. The lowest BCUT2D eigenvalue weighted by atomic mass is 10.1. The number of imide groups is 2. The summed E-state index contributed by atoms with van der Waals surface area (Å²) in [5.41, 5.74) is 1.77. The lowest BCUT2D eigenvalue weighted by molar-refractivity contribution is 0.0619. The van der Waals surface area contributed by atoms with Crippen LogP contribution in [-0.2, 0) is 0 Å². The Morgan fingerprint density at radius 1 is 0.625 bits per heavy atom. The van der Waals surface area contributed by atoms with Gasteiger partial charge in [0.05, 0.1) is 22.3 Å². The molecule has 2 aromatic rings. The maximum absolute atomic E-state index is 12.7. The molecule has 0 radical (unpaired) electrons. The van der Waals surface area contributed by atoms with Gasteiger partial charge in [-0.3, -0.25) is 33.9 Å². The summed E-state index contributed by atoms with van der Waals surface area (Å²) < 4.78 is 0. The molecule has 32 heavy (non-hydrogen) atoms. The Balaban J connectivity index is 1.40. The highest BCUT2D eigenvalue weighted by Gasteiger charge is 2.36. The highest BCUT2D eigenvalue weighted by molar-refractivity contribution is 6.22. The molecular weight excluding hydrogens is 406 g/mol. The van der Waals surface area contributed by atoms with Gasteiger partial charge in [-0.25, -0.2) is 0 Å². The molecule has 0 bridgehead atoms. The predicted octanol–water partition coefficient (Wildman–Crippen LogP) is 2.93. The summed E-state index contributed by atoms with van der Waals surface area (Å²) in [5.74, 6) is -0.592. The van der Waals surface area contributed by atoms with Crippen LogP contribution in [-0.4, -0.2) is 71.1 Å². The van der Waals surface area contributed by atoms with Crippen molar-refractivity contribution >= 4 is 23.6 Å². The first kappa shape index (κ1) is 21.9. The van der Waals surface area contributed by atoms with E-state index in [4.69, 9.17) is 0 Å². The average molecular weight is 434 g/mol. The highest BCUT2D eigenvalue weighted by atomic mass is 16.2. The number of hydrogen-bond donors (Lipinski definition) is 0. The maximum atomic E-state index is 12.7. The van der Waals surface area contributed by atoms with E-state index in [0.29, 0.717) is 41.3 Å². The van der Waals surface area contributed by atoms with Gasteiger partial charge in [0.25, 0.3) is 23.6 Å². The van der Waals surface area contributed by atoms with Gasteiger partial charge in [0.15, 0.2) is 0 Å². The topological polar surface area (TPSA) is 78.0 Å². The molecule has 7 nitrogen and oxygen atoms in total. The smallest absolute Gasteiger partial charge is 0.261 e. The summed E-state index contributed by atoms with van der Waals surface area (Å²) in [6.07, 6.45) is 0.935. The maximum Gasteiger partial charge on any atom is 0.261 e. The molecule has 166 valence electrons. The molecular formula is C25H27N3O4. The molecule has 0 saturated carbocycles. The summed E-state index contributed by atoms with van der Waals surface area (Å²) in [5, 5.41) is 0. The average Bonchev–Trinajstić information content (AvgIpc) is 3.18. The van der Waals surface area contributed by atoms with Crippen LogP contribution in [0.4, 0.5) is 0 Å². The second-order valence-electron chi connectivity index (χ2n) is 8.64. The Kier molecular flexibility index (Phi) is 6.19. The normalized spacial score (nSPS) is 15.4. The Labute approximate surface area is 187 Å². The number of amides is 4. The Bertz CT molecular complexity index is 929. The molecule has 4 amide bonds. The summed E-state index contributed by atoms with van der Waals surface area (Å²) in [6.45, 7) is 6.53. The third kappa shape index (κ3) is 4.08. The van der Waals surface area contributed by atoms with Crippen molar-refractivity contribution in [2.45, 2.75) is 20.3 Å². The molecule has 0 aliphatic carbocycles. The fourth-order valence-corrected chi connectivity index (χ4v) is 4.14. The van der Waals surface area contributed by atoms with Gasteiger partial charge >= 0.3 is 0 Å². The first-order valence-corrected chi connectivity index (χ1v) is 11.0. The van der Waals surface area contributed by atoms with Gasteiger partial charge in [-0.1, -0.05) is 38.1 Å². The van der Waals surface area contributed by atoms with Gasteiger partial charge in [0.1, 0.15) is 0 Å². The van der Waals surface area contributed by atoms with Crippen LogP contribution < -0.4 is 0 Å². The van der Waals surface area contributed by atoms with Crippen LogP contribution in [0.25, 0.3) is 0 Å². The number of carbonyl (C=O) groups is 4. The minimum atomic E-state index is -0.269. The second-order valence-corrected chi connectivity index (χ2v) is 8.64. The molecule has 7 heteroatoms. The summed E-state index contributed by atoms with van der Waals surface area (Å²) >= 11 is 0. The predicted molar refractivity (Wildman–Crippen MR) is 120 cm³/mol. The van der Waals surface area contributed by atoms with Gasteiger partial charge in [0, 0.05) is 26.2 Å². The van der Waals surface area contributed by atoms with E-state index < -0.39 is 0 Å². The number of carbonyl (C=O) groups excluding carboxylic acids is 4. The van der Waals surface area contributed by atoms with E-state index >= 15 is 0 Å². The molecule has 0 spiro atoms. The molecule has 0 saturated heterocycles. The first-order valence-electron chi connectivity index (χ1n) is 11.0. The van der Waals surface area contributed by atoms with Crippen molar-refractivity contribution in [1.82, 2.24) is 14.7 Å². The van der Waals surface area contributed by atoms with E-state index in [2.05, 4.69) is 18.7 Å². The molecule has 2 heterocycles. The summed E-state index contributed by atoms with van der Waals surface area (Å²) in [4.78, 5) is 55.3. The molecule has 0 atom stereocenters. The summed E-state index contributed by atoms with van der Waals surface area (Å²) in [7, 11) is 0. The molecule has 0 fully saturated rings. The highest BCUT2D eigenvalue weighted by Crippen LogP contribution is 2.23. The molecule has 0 aromatic heterocycles. The van der Waals surface area contributed by atoms with E-state index in [1.54, 1.807) is 48.5 Å². The van der Waals surface area contributed by atoms with Crippen molar-refractivity contribution in [3.05, 3.63) is 70.8 Å². The van der Waals surface area contributed by atoms with Gasteiger partial charge in [0.2, 0.25) is 0 Å². The third-order valence-electron chi connectivity index (χ3n) is 6.06. The van der Waals surface area contributed by atoms with Crippen LogP contribution in [0.5, 0.6) is 0 Å². The van der Waals surface area contributed by atoms with Gasteiger partial charge in [-0.2, -0.15) is 0 Å². The SMILES string of the molecule is CC(C)CCN(CCN1C(=O)c2ccccc2C1=O)CCN1C(=O)c2ccccc2C1=O. The molecule has 2 aromatic carbocycles. The van der Waals surface area contributed by atoms with E-state index in [1.165, 1.54) is 9.80 Å². The lowest BCUT2D eigenvalue weighted by Crippen LogP contribution is -2.43. The molecule has 0 unspecified atom stereocenters. The molecule has 0 N–H and O–H groups in total. The lowest BCUT2D eigenvalue weighted by Gasteiger charge is -2.27. The largest absolute Gasteiger partial charge is 0.300 e. The van der Waals surface area contributed by atoms with Crippen molar-refractivity contribution in [1.29, 1.82) is 0 Å². The standard InChI is InChI=1S/C25H27N3O4/c1-17(2)11-12-26(13-15-27-22(29)18-7-3-4-8-19(18)23(27)30)14-16-28-24(31)20-9-5-6-10-21(20)25(28)32/h3-10,17H,11-16H2,1-2H3. The number of fused-ring (bicyclic) bond motifs is 2. The van der Waals surface area contributed by atoms with E-state index in [-0.39, 0.29) is 36.7 Å². The zero-order valence-electron chi connectivity index (χ0n) is 18.4. The van der Waals surface area contributed by atoms with Crippen LogP contribution in [0, 0.1) is 5.92 Å². The second kappa shape index (κ2) is 9.04. The van der Waals surface area contributed by atoms with Crippen molar-refractivity contribution in [3.63, 3.8) is 0 Å². The van der Waals surface area contributed by atoms with Crippen molar-refractivity contribution in [2.24, 2.45) is 5.92 Å². The minimum absolute atomic E-state index is 0.269. The fourth-order valence-electron chi connectivity index (χ4n) is 4.14. The van der Waals surface area contributed by atoms with Crippen LogP contribution in [0.3, 0.4) is 0 Å². The molecule has 2 aliphatic heterocycles. The zero-order valence-corrected chi connectivity index (χ0v) is 18.4. The number of benzene rings is 2. The van der Waals surface area contributed by atoms with Gasteiger partial charge in [-0.15, -0.1) is 0 Å². The Morgan fingerprint density at radius 3 is 1.28 bits per heavy atom. The fraction of sp³-hybridized carbons (Fsp3) is 0.360. The number of hydrogen-bond acceptors (Lipinski definition) is 5. The van der Waals surface area contributed by atoms with Crippen LogP contribution >= 0.6 is 0 Å². The Hall–Kier alpha value is -3.32. The van der Waals surface area contributed by atoms with Gasteiger partial charge < -0.3 is 0 Å². The molecule has 2 aliphatic rings. The van der Waals surface area contributed by atoms with Crippen molar-refractivity contribution in [2.75, 3.05) is 32.7 Å². The monoisotopic (exact) mass is 433 g/mol. The number of nitrogens with zero attached hydrogens (tertiary/aromatic N) is 3. The quantitative estimate of drug-likeness (QED) is 0.568. The van der Waals surface area contributed by atoms with Crippen LogP contribution in [0.1, 0.15) is 61.7 Å². The summed E-state index contributed by atoms with van der Waals surface area (Å²) in [6, 6.07) is 13.7. The first-order chi connectivity index (χ1) is 15.4. The minimum Gasteiger partial charge on any atom is -0.300 e. The molecule has 4 rings (SSSR count). The van der Waals surface area contributed by atoms with E-state index in [9.17, 15) is 19.2 Å². The van der Waals surface area contributed by atoms with Crippen molar-refractivity contribution < 1.29 is 19.2 Å². The van der Waals surface area contributed by atoms with E-state index in [0.717, 1.165) is 13.0 Å². The zero-order chi connectivity index (χ0) is 22.8.